The van der Waals surface area contributed by atoms with Crippen LogP contribution in [0.15, 0.2) is 48.5 Å². The Balaban J connectivity index is 1.24. The Bertz CT molecular complexity index is 781. The van der Waals surface area contributed by atoms with Crippen molar-refractivity contribution in [2.24, 2.45) is 17.8 Å². The zero-order valence-corrected chi connectivity index (χ0v) is 16.9. The fourth-order valence-corrected chi connectivity index (χ4v) is 6.46. The van der Waals surface area contributed by atoms with Crippen molar-refractivity contribution in [3.63, 3.8) is 0 Å². The average Bonchev–Trinajstić information content (AvgIpc) is 2.71. The van der Waals surface area contributed by atoms with Crippen molar-refractivity contribution in [1.82, 2.24) is 0 Å². The molecule has 6 rings (SSSR count). The number of rotatable bonds is 7. The van der Waals surface area contributed by atoms with E-state index in [1.807, 2.05) is 18.2 Å². The Morgan fingerprint density at radius 3 is 2.18 bits per heavy atom. The number of hydrogen-bond acceptors (Lipinski definition) is 2. The second-order valence-corrected chi connectivity index (χ2v) is 9.45. The molecule has 2 aromatic rings. The molecular weight excluding hydrogens is 346 g/mol. The van der Waals surface area contributed by atoms with E-state index in [4.69, 9.17) is 9.47 Å². The van der Waals surface area contributed by atoms with Gasteiger partial charge >= 0.3 is 0 Å². The van der Waals surface area contributed by atoms with E-state index in [2.05, 4.69) is 35.6 Å². The summed E-state index contributed by atoms with van der Waals surface area (Å²) in [5.41, 5.74) is 3.02. The highest BCUT2D eigenvalue weighted by molar-refractivity contribution is 5.43. The third-order valence-electron chi connectivity index (χ3n) is 7.32. The summed E-state index contributed by atoms with van der Waals surface area (Å²) in [5, 5.41) is 2.66. The van der Waals surface area contributed by atoms with Gasteiger partial charge in [0.15, 0.2) is 11.5 Å². The third kappa shape index (κ3) is 3.65. The SMILES string of the molecule is COc1cc(C[NH2+]C23CC4CC(CC(C4)C2)C3)ccc1OCc1ccccc1. The molecule has 4 aliphatic rings. The highest BCUT2D eigenvalue weighted by Crippen LogP contribution is 2.54. The molecule has 0 spiro atoms. The summed E-state index contributed by atoms with van der Waals surface area (Å²) < 4.78 is 11.6. The molecular formula is C25H32NO2+. The van der Waals surface area contributed by atoms with Crippen molar-refractivity contribution in [2.75, 3.05) is 7.11 Å². The molecule has 148 valence electrons. The maximum atomic E-state index is 6.01. The van der Waals surface area contributed by atoms with E-state index in [1.54, 1.807) is 7.11 Å². The summed E-state index contributed by atoms with van der Waals surface area (Å²) in [4.78, 5) is 0. The summed E-state index contributed by atoms with van der Waals surface area (Å²) in [6, 6.07) is 16.7. The zero-order valence-electron chi connectivity index (χ0n) is 16.9. The van der Waals surface area contributed by atoms with Gasteiger partial charge in [0.2, 0.25) is 0 Å². The minimum absolute atomic E-state index is 0.518. The van der Waals surface area contributed by atoms with Crippen molar-refractivity contribution in [3.8, 4) is 11.5 Å². The standard InChI is InChI=1S/C25H31NO2/c1-27-24-12-19(7-8-23(24)28-17-18-5-3-2-4-6-18)16-26-25-13-20-9-21(14-25)11-22(10-20)15-25/h2-8,12,20-22,26H,9-11,13-17H2,1H3/p+1. The molecule has 0 radical (unpaired) electrons. The lowest BCUT2D eigenvalue weighted by Crippen LogP contribution is -2.97. The fraction of sp³-hybridized carbons (Fsp3) is 0.520. The molecule has 4 bridgehead atoms. The second kappa shape index (κ2) is 7.44. The van der Waals surface area contributed by atoms with Gasteiger partial charge in [-0.1, -0.05) is 30.3 Å². The van der Waals surface area contributed by atoms with Crippen molar-refractivity contribution >= 4 is 0 Å². The molecule has 3 nitrogen and oxygen atoms in total. The Morgan fingerprint density at radius 2 is 1.54 bits per heavy atom. The lowest BCUT2D eigenvalue weighted by molar-refractivity contribution is -0.752. The smallest absolute Gasteiger partial charge is 0.161 e. The number of hydrogen-bond donors (Lipinski definition) is 1. The van der Waals surface area contributed by atoms with Crippen LogP contribution in [-0.2, 0) is 13.2 Å². The van der Waals surface area contributed by atoms with Crippen LogP contribution in [0.4, 0.5) is 0 Å². The predicted octanol–water partition coefficient (Wildman–Crippen LogP) is 4.31. The molecule has 0 atom stereocenters. The molecule has 0 unspecified atom stereocenters. The Hall–Kier alpha value is -2.00. The average molecular weight is 379 g/mol. The molecule has 28 heavy (non-hydrogen) atoms. The topological polar surface area (TPSA) is 35.1 Å². The van der Waals surface area contributed by atoms with Crippen molar-refractivity contribution in [1.29, 1.82) is 0 Å². The molecule has 0 saturated heterocycles. The van der Waals surface area contributed by atoms with E-state index in [0.717, 1.165) is 35.8 Å². The van der Waals surface area contributed by atoms with Crippen LogP contribution in [0.1, 0.15) is 49.7 Å². The molecule has 0 aliphatic heterocycles. The van der Waals surface area contributed by atoms with E-state index in [1.165, 1.54) is 49.7 Å². The molecule has 4 fully saturated rings. The van der Waals surface area contributed by atoms with Crippen LogP contribution in [0.25, 0.3) is 0 Å². The highest BCUT2D eigenvalue weighted by Gasteiger charge is 2.53. The van der Waals surface area contributed by atoms with Gasteiger partial charge in [-0.25, -0.2) is 0 Å². The number of nitrogens with two attached hydrogens (primary N) is 1. The predicted molar refractivity (Wildman–Crippen MR) is 110 cm³/mol. The summed E-state index contributed by atoms with van der Waals surface area (Å²) in [5.74, 6) is 4.68. The maximum Gasteiger partial charge on any atom is 0.161 e. The van der Waals surface area contributed by atoms with E-state index in [9.17, 15) is 0 Å². The van der Waals surface area contributed by atoms with Crippen molar-refractivity contribution in [3.05, 3.63) is 59.7 Å². The van der Waals surface area contributed by atoms with Gasteiger partial charge in [0.25, 0.3) is 0 Å². The first-order valence-electron chi connectivity index (χ1n) is 10.9. The van der Waals surface area contributed by atoms with Gasteiger partial charge in [-0.2, -0.15) is 0 Å². The summed E-state index contributed by atoms with van der Waals surface area (Å²) in [7, 11) is 1.73. The largest absolute Gasteiger partial charge is 0.493 e. The molecule has 4 saturated carbocycles. The molecule has 0 aromatic heterocycles. The first-order chi connectivity index (χ1) is 13.7. The first-order valence-corrected chi connectivity index (χ1v) is 10.9. The van der Waals surface area contributed by atoms with Crippen molar-refractivity contribution in [2.45, 2.75) is 57.2 Å². The molecule has 4 aliphatic carbocycles. The van der Waals surface area contributed by atoms with Gasteiger partial charge in [-0.3, -0.25) is 0 Å². The summed E-state index contributed by atoms with van der Waals surface area (Å²) in [6.07, 6.45) is 8.84. The minimum Gasteiger partial charge on any atom is -0.493 e. The van der Waals surface area contributed by atoms with E-state index in [-0.39, 0.29) is 0 Å². The minimum atomic E-state index is 0.518. The lowest BCUT2D eigenvalue weighted by Gasteiger charge is -2.54. The van der Waals surface area contributed by atoms with E-state index in [0.29, 0.717) is 12.1 Å². The van der Waals surface area contributed by atoms with Crippen LogP contribution in [0.5, 0.6) is 11.5 Å². The van der Waals surface area contributed by atoms with Crippen LogP contribution < -0.4 is 14.8 Å². The summed E-state index contributed by atoms with van der Waals surface area (Å²) in [6.45, 7) is 1.61. The zero-order chi connectivity index (χ0) is 19.0. The van der Waals surface area contributed by atoms with Gasteiger partial charge in [-0.15, -0.1) is 0 Å². The van der Waals surface area contributed by atoms with Crippen LogP contribution in [0, 0.1) is 17.8 Å². The third-order valence-corrected chi connectivity index (χ3v) is 7.32. The fourth-order valence-electron chi connectivity index (χ4n) is 6.46. The molecule has 0 amide bonds. The molecule has 3 heteroatoms. The quantitative estimate of drug-likeness (QED) is 0.779. The van der Waals surface area contributed by atoms with Gasteiger partial charge in [0.1, 0.15) is 13.2 Å². The van der Waals surface area contributed by atoms with Gasteiger partial charge in [-0.05, 0) is 60.8 Å². The van der Waals surface area contributed by atoms with Gasteiger partial charge < -0.3 is 14.8 Å². The van der Waals surface area contributed by atoms with E-state index < -0.39 is 0 Å². The van der Waals surface area contributed by atoms with Crippen LogP contribution >= 0.6 is 0 Å². The Morgan fingerprint density at radius 1 is 0.857 bits per heavy atom. The van der Waals surface area contributed by atoms with Crippen LogP contribution in [0.3, 0.4) is 0 Å². The lowest BCUT2D eigenvalue weighted by atomic mass is 9.53. The molecule has 2 N–H and O–H groups in total. The number of ether oxygens (including phenoxy) is 2. The molecule has 2 aromatic carbocycles. The number of benzene rings is 2. The first kappa shape index (κ1) is 18.1. The normalized spacial score (nSPS) is 30.4. The second-order valence-electron chi connectivity index (χ2n) is 9.45. The van der Waals surface area contributed by atoms with Gasteiger partial charge in [0, 0.05) is 24.8 Å². The maximum absolute atomic E-state index is 6.01. The number of methoxy groups -OCH3 is 1. The van der Waals surface area contributed by atoms with Crippen LogP contribution in [0.2, 0.25) is 0 Å². The number of quaternary nitrogens is 1. The van der Waals surface area contributed by atoms with E-state index >= 15 is 0 Å². The van der Waals surface area contributed by atoms with Gasteiger partial charge in [0.05, 0.1) is 12.6 Å². The molecule has 0 heterocycles. The monoisotopic (exact) mass is 378 g/mol. The summed E-state index contributed by atoms with van der Waals surface area (Å²) >= 11 is 0. The van der Waals surface area contributed by atoms with Crippen molar-refractivity contribution < 1.29 is 14.8 Å². The Kier molecular flexibility index (Phi) is 4.80. The highest BCUT2D eigenvalue weighted by atomic mass is 16.5. The Labute approximate surface area is 168 Å². The van der Waals surface area contributed by atoms with Crippen LogP contribution in [-0.4, -0.2) is 12.6 Å².